The van der Waals surface area contributed by atoms with Crippen LogP contribution in [-0.4, -0.2) is 18.5 Å². The Morgan fingerprint density at radius 3 is 2.50 bits per heavy atom. The summed E-state index contributed by atoms with van der Waals surface area (Å²) in [6.07, 6.45) is 0. The Bertz CT molecular complexity index is 1030. The molecule has 8 heteroatoms. The van der Waals surface area contributed by atoms with Crippen LogP contribution in [0.5, 0.6) is 0 Å². The number of thiophene rings is 1. The third-order valence-corrected chi connectivity index (χ3v) is 5.22. The molecule has 2 aromatic carbocycles. The Balaban J connectivity index is 1.87. The number of hydrogen-bond acceptors (Lipinski definition) is 4. The van der Waals surface area contributed by atoms with Crippen molar-refractivity contribution in [2.45, 2.75) is 6.92 Å². The van der Waals surface area contributed by atoms with E-state index in [-0.39, 0.29) is 11.5 Å². The molecule has 1 amide bonds. The van der Waals surface area contributed by atoms with Crippen molar-refractivity contribution in [3.8, 4) is 10.4 Å². The number of carbonyl (C=O) groups is 2. The summed E-state index contributed by atoms with van der Waals surface area (Å²) in [6.45, 7) is 1.95. The number of halogens is 3. The number of para-hydroxylation sites is 1. The van der Waals surface area contributed by atoms with E-state index in [4.69, 9.17) is 16.3 Å². The van der Waals surface area contributed by atoms with E-state index < -0.39 is 29.2 Å². The molecule has 0 unspecified atom stereocenters. The zero-order valence-corrected chi connectivity index (χ0v) is 16.2. The van der Waals surface area contributed by atoms with E-state index in [9.17, 15) is 18.4 Å². The summed E-state index contributed by atoms with van der Waals surface area (Å²) in [7, 11) is 0. The van der Waals surface area contributed by atoms with Crippen LogP contribution in [0.4, 0.5) is 14.5 Å². The molecule has 1 aromatic heterocycles. The lowest BCUT2D eigenvalue weighted by atomic mass is 10.1. The van der Waals surface area contributed by atoms with E-state index in [0.717, 1.165) is 23.5 Å². The van der Waals surface area contributed by atoms with Crippen molar-refractivity contribution < 1.29 is 23.1 Å². The molecule has 3 rings (SSSR count). The first kappa shape index (κ1) is 20.0. The van der Waals surface area contributed by atoms with Crippen LogP contribution in [0, 0.1) is 11.6 Å². The highest BCUT2D eigenvalue weighted by Crippen LogP contribution is 2.35. The van der Waals surface area contributed by atoms with Crippen molar-refractivity contribution in [3.63, 3.8) is 0 Å². The topological polar surface area (TPSA) is 55.4 Å². The molecule has 4 nitrogen and oxygen atoms in total. The number of anilines is 1. The molecular formula is C20H14ClF2NO3S. The molecule has 28 heavy (non-hydrogen) atoms. The van der Waals surface area contributed by atoms with Gasteiger partial charge in [0.05, 0.1) is 17.0 Å². The van der Waals surface area contributed by atoms with Gasteiger partial charge in [-0.25, -0.2) is 13.6 Å². The maximum absolute atomic E-state index is 13.7. The maximum atomic E-state index is 13.7. The molecule has 144 valence electrons. The average Bonchev–Trinajstić information content (AvgIpc) is 3.15. The highest BCUT2D eigenvalue weighted by molar-refractivity contribution is 7.17. The Labute approximate surface area is 168 Å². The normalized spacial score (nSPS) is 10.6. The Kier molecular flexibility index (Phi) is 6.06. The third kappa shape index (κ3) is 4.21. The zero-order valence-electron chi connectivity index (χ0n) is 14.6. The number of benzene rings is 2. The molecule has 1 N–H and O–H groups in total. The third-order valence-electron chi connectivity index (χ3n) is 3.77. The molecule has 0 aliphatic rings. The Morgan fingerprint density at radius 2 is 1.82 bits per heavy atom. The molecule has 0 atom stereocenters. The van der Waals surface area contributed by atoms with Crippen LogP contribution in [0.1, 0.15) is 27.0 Å². The number of rotatable bonds is 5. The zero-order chi connectivity index (χ0) is 20.3. The van der Waals surface area contributed by atoms with Crippen molar-refractivity contribution in [1.29, 1.82) is 0 Å². The molecule has 0 fully saturated rings. The fourth-order valence-electron chi connectivity index (χ4n) is 2.45. The second kappa shape index (κ2) is 8.50. The van der Waals surface area contributed by atoms with Crippen LogP contribution < -0.4 is 5.32 Å². The predicted octanol–water partition coefficient (Wildman–Crippen LogP) is 5.78. The average molecular weight is 422 g/mol. The second-order valence-electron chi connectivity index (χ2n) is 5.63. The van der Waals surface area contributed by atoms with E-state index in [1.807, 2.05) is 0 Å². The lowest BCUT2D eigenvalue weighted by molar-refractivity contribution is 0.0526. The van der Waals surface area contributed by atoms with Crippen LogP contribution in [0.2, 0.25) is 5.02 Å². The van der Waals surface area contributed by atoms with Gasteiger partial charge in [-0.3, -0.25) is 4.79 Å². The van der Waals surface area contributed by atoms with E-state index in [2.05, 4.69) is 5.32 Å². The number of esters is 1. The number of hydrogen-bond donors (Lipinski definition) is 1. The van der Waals surface area contributed by atoms with E-state index in [0.29, 0.717) is 21.0 Å². The van der Waals surface area contributed by atoms with Crippen LogP contribution >= 0.6 is 22.9 Å². The molecule has 0 aliphatic carbocycles. The first-order valence-corrected chi connectivity index (χ1v) is 9.42. The minimum absolute atomic E-state index is 0.232. The summed E-state index contributed by atoms with van der Waals surface area (Å²) in [5.74, 6) is -2.87. The van der Waals surface area contributed by atoms with Gasteiger partial charge in [-0.1, -0.05) is 17.7 Å². The summed E-state index contributed by atoms with van der Waals surface area (Å²) in [5, 5.41) is 2.63. The molecule has 0 aliphatic heterocycles. The lowest BCUT2D eigenvalue weighted by Gasteiger charge is -2.07. The summed E-state index contributed by atoms with van der Waals surface area (Å²) in [4.78, 5) is 25.1. The molecule has 1 heterocycles. The van der Waals surface area contributed by atoms with Crippen molar-refractivity contribution in [2.24, 2.45) is 0 Å². The van der Waals surface area contributed by atoms with Gasteiger partial charge >= 0.3 is 5.97 Å². The smallest absolute Gasteiger partial charge is 0.338 e. The van der Waals surface area contributed by atoms with Gasteiger partial charge in [-0.2, -0.15) is 0 Å². The Morgan fingerprint density at radius 1 is 1.11 bits per heavy atom. The second-order valence-corrected chi connectivity index (χ2v) is 7.12. The van der Waals surface area contributed by atoms with Gasteiger partial charge in [0.25, 0.3) is 5.91 Å². The van der Waals surface area contributed by atoms with E-state index >= 15 is 0 Å². The molecule has 0 saturated carbocycles. The van der Waals surface area contributed by atoms with Crippen LogP contribution in [0.25, 0.3) is 10.4 Å². The van der Waals surface area contributed by atoms with Gasteiger partial charge in [-0.15, -0.1) is 11.3 Å². The lowest BCUT2D eigenvalue weighted by Crippen LogP contribution is -2.12. The fraction of sp³-hybridized carbons (Fsp3) is 0.100. The quantitative estimate of drug-likeness (QED) is 0.531. The number of nitrogens with one attached hydrogen (secondary N) is 1. The standard InChI is InChI=1S/C20H14ClF2NO3S/c1-2-27-20(26)11-6-7-13(21)12(10-11)16-8-9-17(28-16)19(25)24-18-14(22)4-3-5-15(18)23/h3-10H,2H2,1H3,(H,24,25). The summed E-state index contributed by atoms with van der Waals surface area (Å²) >= 11 is 7.31. The summed E-state index contributed by atoms with van der Waals surface area (Å²) in [6, 6.07) is 11.2. The van der Waals surface area contributed by atoms with E-state index in [1.54, 1.807) is 31.2 Å². The predicted molar refractivity (Wildman–Crippen MR) is 105 cm³/mol. The van der Waals surface area contributed by atoms with Gasteiger partial charge in [0.15, 0.2) is 0 Å². The SMILES string of the molecule is CCOC(=O)c1ccc(Cl)c(-c2ccc(C(=O)Nc3c(F)cccc3F)s2)c1. The minimum atomic E-state index is -0.865. The summed E-state index contributed by atoms with van der Waals surface area (Å²) < 4.78 is 32.4. The van der Waals surface area contributed by atoms with Crippen LogP contribution in [0.3, 0.4) is 0 Å². The number of amides is 1. The minimum Gasteiger partial charge on any atom is -0.462 e. The fourth-order valence-corrected chi connectivity index (χ4v) is 3.66. The van der Waals surface area contributed by atoms with Crippen LogP contribution in [0.15, 0.2) is 48.5 Å². The van der Waals surface area contributed by atoms with Gasteiger partial charge in [0.2, 0.25) is 0 Å². The molecule has 0 saturated heterocycles. The molecule has 0 radical (unpaired) electrons. The highest BCUT2D eigenvalue weighted by atomic mass is 35.5. The Hall–Kier alpha value is -2.77. The van der Waals surface area contributed by atoms with Gasteiger partial charge in [-0.05, 0) is 49.4 Å². The number of ether oxygens (including phenoxy) is 1. The monoisotopic (exact) mass is 421 g/mol. The van der Waals surface area contributed by atoms with E-state index in [1.165, 1.54) is 12.1 Å². The highest BCUT2D eigenvalue weighted by Gasteiger charge is 2.17. The maximum Gasteiger partial charge on any atom is 0.338 e. The van der Waals surface area contributed by atoms with Crippen molar-refractivity contribution in [2.75, 3.05) is 11.9 Å². The van der Waals surface area contributed by atoms with Crippen LogP contribution in [-0.2, 0) is 4.74 Å². The van der Waals surface area contributed by atoms with Gasteiger partial charge < -0.3 is 10.1 Å². The first-order valence-electron chi connectivity index (χ1n) is 8.23. The summed E-state index contributed by atoms with van der Waals surface area (Å²) in [5.41, 5.74) is 0.368. The van der Waals surface area contributed by atoms with Crippen molar-refractivity contribution in [3.05, 3.63) is 75.6 Å². The van der Waals surface area contributed by atoms with Crippen molar-refractivity contribution >= 4 is 40.5 Å². The first-order chi connectivity index (χ1) is 13.4. The van der Waals surface area contributed by atoms with Gasteiger partial charge in [0.1, 0.15) is 17.3 Å². The molecule has 3 aromatic rings. The number of carbonyl (C=O) groups excluding carboxylic acids is 2. The molecule has 0 bridgehead atoms. The van der Waals surface area contributed by atoms with Crippen molar-refractivity contribution in [1.82, 2.24) is 0 Å². The largest absolute Gasteiger partial charge is 0.462 e. The molecule has 0 spiro atoms. The molecular weight excluding hydrogens is 408 g/mol. The van der Waals surface area contributed by atoms with Gasteiger partial charge in [0, 0.05) is 15.5 Å².